The zero-order chi connectivity index (χ0) is 20.5. The summed E-state index contributed by atoms with van der Waals surface area (Å²) in [6.07, 6.45) is 1.25. The first-order valence-electron chi connectivity index (χ1n) is 8.99. The molecule has 2 N–H and O–H groups in total. The summed E-state index contributed by atoms with van der Waals surface area (Å²) in [5, 5.41) is 5.22. The van der Waals surface area contributed by atoms with E-state index in [1.807, 2.05) is 31.2 Å². The summed E-state index contributed by atoms with van der Waals surface area (Å²) in [5.41, 5.74) is 1.41. The van der Waals surface area contributed by atoms with E-state index in [9.17, 15) is 14.4 Å². The second kappa shape index (κ2) is 10.5. The second-order valence-electron chi connectivity index (χ2n) is 6.11. The van der Waals surface area contributed by atoms with Gasteiger partial charge in [0.05, 0.1) is 23.6 Å². The minimum Gasteiger partial charge on any atom is -0.465 e. The fourth-order valence-corrected chi connectivity index (χ4v) is 3.40. The standard InChI is InChI=1S/C21H24N2O4S/c1-4-8-19(24)22-15-9-7-10-16(13-15)28-14(2)20(25)23-18-12-6-5-11-17(18)21(26)27-3/h5-7,9-14H,4,8H2,1-3H3,(H,22,24)(H,23,25). The third kappa shape index (κ3) is 6.13. The van der Waals surface area contributed by atoms with Gasteiger partial charge in [-0.2, -0.15) is 0 Å². The Hall–Kier alpha value is -2.80. The number of benzene rings is 2. The highest BCUT2D eigenvalue weighted by Gasteiger charge is 2.18. The monoisotopic (exact) mass is 400 g/mol. The molecule has 2 aromatic carbocycles. The molecular formula is C21H24N2O4S. The van der Waals surface area contributed by atoms with Crippen LogP contribution in [0, 0.1) is 0 Å². The van der Waals surface area contributed by atoms with Crippen LogP contribution in [0.2, 0.25) is 0 Å². The molecule has 28 heavy (non-hydrogen) atoms. The molecule has 6 nitrogen and oxygen atoms in total. The molecule has 0 saturated heterocycles. The maximum absolute atomic E-state index is 12.6. The van der Waals surface area contributed by atoms with Gasteiger partial charge in [0.1, 0.15) is 0 Å². The molecule has 2 amide bonds. The Labute approximate surface area is 169 Å². The zero-order valence-electron chi connectivity index (χ0n) is 16.2. The summed E-state index contributed by atoms with van der Waals surface area (Å²) < 4.78 is 4.75. The van der Waals surface area contributed by atoms with Crippen molar-refractivity contribution in [2.24, 2.45) is 0 Å². The first kappa shape index (κ1) is 21.5. The van der Waals surface area contributed by atoms with E-state index in [1.54, 1.807) is 31.2 Å². The number of carbonyl (C=O) groups is 3. The summed E-state index contributed by atoms with van der Waals surface area (Å²) in [5.74, 6) is -0.775. The maximum Gasteiger partial charge on any atom is 0.339 e. The van der Waals surface area contributed by atoms with Gasteiger partial charge in [-0.1, -0.05) is 25.1 Å². The van der Waals surface area contributed by atoms with E-state index in [2.05, 4.69) is 10.6 Å². The predicted octanol–water partition coefficient (Wildman–Crippen LogP) is 4.33. The summed E-state index contributed by atoms with van der Waals surface area (Å²) in [7, 11) is 1.30. The molecule has 148 valence electrons. The summed E-state index contributed by atoms with van der Waals surface area (Å²) in [6.45, 7) is 3.73. The predicted molar refractivity (Wildman–Crippen MR) is 112 cm³/mol. The van der Waals surface area contributed by atoms with Gasteiger partial charge in [-0.05, 0) is 43.7 Å². The molecule has 0 heterocycles. The first-order valence-corrected chi connectivity index (χ1v) is 9.87. The van der Waals surface area contributed by atoms with Gasteiger partial charge < -0.3 is 15.4 Å². The number of hydrogen-bond acceptors (Lipinski definition) is 5. The molecule has 7 heteroatoms. The van der Waals surface area contributed by atoms with Crippen molar-refractivity contribution in [2.45, 2.75) is 36.8 Å². The summed E-state index contributed by atoms with van der Waals surface area (Å²) in [6, 6.07) is 14.1. The molecule has 0 fully saturated rings. The Bertz CT molecular complexity index is 854. The normalized spacial score (nSPS) is 11.4. The molecule has 0 bridgehead atoms. The summed E-state index contributed by atoms with van der Waals surface area (Å²) >= 11 is 1.37. The number of para-hydroxylation sites is 1. The van der Waals surface area contributed by atoms with Crippen molar-refractivity contribution < 1.29 is 19.1 Å². The molecule has 0 aromatic heterocycles. The molecule has 0 aliphatic carbocycles. The number of amides is 2. The van der Waals surface area contributed by atoms with E-state index < -0.39 is 11.2 Å². The van der Waals surface area contributed by atoms with Crippen LogP contribution in [0.15, 0.2) is 53.4 Å². The van der Waals surface area contributed by atoms with Crippen LogP contribution >= 0.6 is 11.8 Å². The molecule has 0 spiro atoms. The quantitative estimate of drug-likeness (QED) is 0.509. The maximum atomic E-state index is 12.6. The average Bonchev–Trinajstić information content (AvgIpc) is 2.68. The Balaban J connectivity index is 2.03. The molecule has 2 aromatic rings. The number of carbonyl (C=O) groups excluding carboxylic acids is 3. The number of methoxy groups -OCH3 is 1. The van der Waals surface area contributed by atoms with E-state index in [-0.39, 0.29) is 11.8 Å². The van der Waals surface area contributed by atoms with Crippen molar-refractivity contribution in [2.75, 3.05) is 17.7 Å². The van der Waals surface area contributed by atoms with Gasteiger partial charge in [0, 0.05) is 17.0 Å². The molecule has 2 rings (SSSR count). The summed E-state index contributed by atoms with van der Waals surface area (Å²) in [4.78, 5) is 37.0. The lowest BCUT2D eigenvalue weighted by Gasteiger charge is -2.14. The lowest BCUT2D eigenvalue weighted by Crippen LogP contribution is -2.23. The van der Waals surface area contributed by atoms with Crippen LogP contribution in [-0.2, 0) is 14.3 Å². The highest BCUT2D eigenvalue weighted by Crippen LogP contribution is 2.27. The number of nitrogens with one attached hydrogen (secondary N) is 2. The minimum absolute atomic E-state index is 0.0325. The molecule has 1 unspecified atom stereocenters. The third-order valence-electron chi connectivity index (χ3n) is 3.87. The van der Waals surface area contributed by atoms with Gasteiger partial charge in [-0.25, -0.2) is 4.79 Å². The Morgan fingerprint density at radius 2 is 1.82 bits per heavy atom. The van der Waals surface area contributed by atoms with Gasteiger partial charge >= 0.3 is 5.97 Å². The van der Waals surface area contributed by atoms with E-state index in [0.717, 1.165) is 11.3 Å². The number of thioether (sulfide) groups is 1. The van der Waals surface area contributed by atoms with Crippen molar-refractivity contribution in [1.82, 2.24) is 0 Å². The lowest BCUT2D eigenvalue weighted by molar-refractivity contribution is -0.116. The van der Waals surface area contributed by atoms with Gasteiger partial charge in [-0.15, -0.1) is 11.8 Å². The van der Waals surface area contributed by atoms with Crippen LogP contribution in [0.25, 0.3) is 0 Å². The topological polar surface area (TPSA) is 84.5 Å². The molecule has 0 aliphatic heterocycles. The molecule has 0 radical (unpaired) electrons. The minimum atomic E-state index is -0.508. The highest BCUT2D eigenvalue weighted by atomic mass is 32.2. The lowest BCUT2D eigenvalue weighted by atomic mass is 10.2. The average molecular weight is 401 g/mol. The van der Waals surface area contributed by atoms with Crippen LogP contribution in [0.4, 0.5) is 11.4 Å². The highest BCUT2D eigenvalue weighted by molar-refractivity contribution is 8.00. The van der Waals surface area contributed by atoms with Crippen LogP contribution < -0.4 is 10.6 Å². The zero-order valence-corrected chi connectivity index (χ0v) is 17.0. The molecule has 0 aliphatic rings. The molecule has 0 saturated carbocycles. The third-order valence-corrected chi connectivity index (χ3v) is 4.96. The van der Waals surface area contributed by atoms with E-state index in [4.69, 9.17) is 4.74 Å². The largest absolute Gasteiger partial charge is 0.465 e. The first-order chi connectivity index (χ1) is 13.4. The van der Waals surface area contributed by atoms with Crippen molar-refractivity contribution in [3.63, 3.8) is 0 Å². The number of ether oxygens (including phenoxy) is 1. The second-order valence-corrected chi connectivity index (χ2v) is 7.53. The fourth-order valence-electron chi connectivity index (χ4n) is 2.47. The van der Waals surface area contributed by atoms with Gasteiger partial charge in [0.15, 0.2) is 0 Å². The van der Waals surface area contributed by atoms with Crippen molar-refractivity contribution in [3.05, 3.63) is 54.1 Å². The molecule has 1 atom stereocenters. The van der Waals surface area contributed by atoms with Gasteiger partial charge in [-0.3, -0.25) is 9.59 Å². The number of hydrogen-bond donors (Lipinski definition) is 2. The van der Waals surface area contributed by atoms with E-state index >= 15 is 0 Å². The van der Waals surface area contributed by atoms with E-state index in [1.165, 1.54) is 18.9 Å². The van der Waals surface area contributed by atoms with Crippen LogP contribution in [-0.4, -0.2) is 30.1 Å². The van der Waals surface area contributed by atoms with Crippen molar-refractivity contribution in [3.8, 4) is 0 Å². The Morgan fingerprint density at radius 3 is 2.54 bits per heavy atom. The fraction of sp³-hybridized carbons (Fsp3) is 0.286. The Kier molecular flexibility index (Phi) is 8.07. The van der Waals surface area contributed by atoms with Gasteiger partial charge in [0.2, 0.25) is 11.8 Å². The number of rotatable bonds is 8. The van der Waals surface area contributed by atoms with Crippen LogP contribution in [0.5, 0.6) is 0 Å². The van der Waals surface area contributed by atoms with Crippen molar-refractivity contribution >= 4 is 40.9 Å². The Morgan fingerprint density at radius 1 is 1.07 bits per heavy atom. The number of anilines is 2. The van der Waals surface area contributed by atoms with Crippen LogP contribution in [0.3, 0.4) is 0 Å². The van der Waals surface area contributed by atoms with Crippen molar-refractivity contribution in [1.29, 1.82) is 0 Å². The van der Waals surface area contributed by atoms with Crippen LogP contribution in [0.1, 0.15) is 37.0 Å². The number of esters is 1. The van der Waals surface area contributed by atoms with Gasteiger partial charge in [0.25, 0.3) is 0 Å². The molecular weight excluding hydrogens is 376 g/mol. The SMILES string of the molecule is CCCC(=O)Nc1cccc(SC(C)C(=O)Nc2ccccc2C(=O)OC)c1. The van der Waals surface area contributed by atoms with E-state index in [0.29, 0.717) is 23.4 Å². The smallest absolute Gasteiger partial charge is 0.339 e.